The molecule has 0 aromatic heterocycles. The van der Waals surface area contributed by atoms with E-state index >= 15 is 0 Å². The Balaban J connectivity index is 4.27. The van der Waals surface area contributed by atoms with Crippen LogP contribution in [0.4, 0.5) is 0 Å². The lowest BCUT2D eigenvalue weighted by Crippen LogP contribution is -2.30. The molecule has 0 bridgehead atoms. The average molecular weight is 779 g/mol. The molecule has 6 nitrogen and oxygen atoms in total. The maximum Gasteiger partial charge on any atom is 0.306 e. The zero-order valence-electron chi connectivity index (χ0n) is 37.4. The maximum atomic E-state index is 12.7. The van der Waals surface area contributed by atoms with E-state index < -0.39 is 6.10 Å². The van der Waals surface area contributed by atoms with Crippen LogP contribution in [-0.2, 0) is 28.6 Å². The van der Waals surface area contributed by atoms with E-state index in [2.05, 4.69) is 27.7 Å². The molecule has 0 aromatic rings. The second-order valence-corrected chi connectivity index (χ2v) is 17.2. The summed E-state index contributed by atoms with van der Waals surface area (Å²) in [5.41, 5.74) is 0. The van der Waals surface area contributed by atoms with Gasteiger partial charge in [-0.05, 0) is 25.2 Å². The van der Waals surface area contributed by atoms with E-state index in [1.165, 1.54) is 167 Å². The molecule has 6 heteroatoms. The largest absolute Gasteiger partial charge is 0.462 e. The third-order valence-electron chi connectivity index (χ3n) is 11.0. The molecule has 0 aliphatic rings. The highest BCUT2D eigenvalue weighted by Gasteiger charge is 2.19. The molecule has 0 heterocycles. The van der Waals surface area contributed by atoms with Crippen molar-refractivity contribution in [2.45, 2.75) is 278 Å². The van der Waals surface area contributed by atoms with E-state index in [9.17, 15) is 14.4 Å². The van der Waals surface area contributed by atoms with Crippen molar-refractivity contribution in [1.82, 2.24) is 0 Å². The highest BCUT2D eigenvalue weighted by atomic mass is 16.6. The molecular weight excluding hydrogens is 685 g/mol. The maximum absolute atomic E-state index is 12.7. The normalized spacial score (nSPS) is 11.9. The highest BCUT2D eigenvalue weighted by molar-refractivity contribution is 5.71. The van der Waals surface area contributed by atoms with Crippen molar-refractivity contribution in [1.29, 1.82) is 0 Å². The molecule has 0 fully saturated rings. The Bertz CT molecular complexity index is 826. The number of rotatable bonds is 44. The molecule has 0 aliphatic heterocycles. The van der Waals surface area contributed by atoms with Gasteiger partial charge in [-0.1, -0.05) is 233 Å². The minimum Gasteiger partial charge on any atom is -0.462 e. The fourth-order valence-corrected chi connectivity index (χ4v) is 7.33. The van der Waals surface area contributed by atoms with Gasteiger partial charge in [0.25, 0.3) is 0 Å². The van der Waals surface area contributed by atoms with Crippen molar-refractivity contribution in [2.24, 2.45) is 5.92 Å². The Kier molecular flexibility index (Phi) is 42.3. The lowest BCUT2D eigenvalue weighted by Gasteiger charge is -2.18. The van der Waals surface area contributed by atoms with Crippen molar-refractivity contribution < 1.29 is 28.6 Å². The van der Waals surface area contributed by atoms with Crippen LogP contribution in [-0.4, -0.2) is 37.2 Å². The predicted octanol–water partition coefficient (Wildman–Crippen LogP) is 15.5. The second-order valence-electron chi connectivity index (χ2n) is 17.2. The first-order chi connectivity index (χ1) is 26.9. The van der Waals surface area contributed by atoms with E-state index in [-0.39, 0.29) is 31.1 Å². The Hall–Kier alpha value is -1.59. The van der Waals surface area contributed by atoms with Gasteiger partial charge in [-0.3, -0.25) is 14.4 Å². The summed E-state index contributed by atoms with van der Waals surface area (Å²) in [4.78, 5) is 37.8. The van der Waals surface area contributed by atoms with Gasteiger partial charge in [-0.25, -0.2) is 0 Å². The fourth-order valence-electron chi connectivity index (χ4n) is 7.33. The highest BCUT2D eigenvalue weighted by Crippen LogP contribution is 2.16. The van der Waals surface area contributed by atoms with E-state index in [1.54, 1.807) is 0 Å². The van der Waals surface area contributed by atoms with Crippen LogP contribution >= 0.6 is 0 Å². The Morgan fingerprint density at radius 1 is 0.345 bits per heavy atom. The molecule has 0 saturated heterocycles. The molecule has 0 spiro atoms. The van der Waals surface area contributed by atoms with E-state index in [0.717, 1.165) is 63.7 Å². The molecule has 0 saturated carbocycles. The molecule has 0 rings (SSSR count). The van der Waals surface area contributed by atoms with Crippen LogP contribution in [0.5, 0.6) is 0 Å². The monoisotopic (exact) mass is 779 g/mol. The van der Waals surface area contributed by atoms with Crippen LogP contribution < -0.4 is 0 Å². The first-order valence-corrected chi connectivity index (χ1v) is 24.4. The molecule has 326 valence electrons. The number of carbonyl (C=O) groups is 3. The van der Waals surface area contributed by atoms with Gasteiger partial charge in [0.05, 0.1) is 0 Å². The summed E-state index contributed by atoms with van der Waals surface area (Å²) >= 11 is 0. The number of hydrogen-bond acceptors (Lipinski definition) is 6. The van der Waals surface area contributed by atoms with Gasteiger partial charge in [0.2, 0.25) is 0 Å². The fraction of sp³-hybridized carbons (Fsp3) is 0.939. The Morgan fingerprint density at radius 3 is 0.891 bits per heavy atom. The third-order valence-corrected chi connectivity index (χ3v) is 11.0. The van der Waals surface area contributed by atoms with Crippen LogP contribution in [0, 0.1) is 5.92 Å². The van der Waals surface area contributed by atoms with Gasteiger partial charge < -0.3 is 14.2 Å². The molecule has 0 amide bonds. The van der Waals surface area contributed by atoms with Crippen LogP contribution in [0.15, 0.2) is 0 Å². The summed E-state index contributed by atoms with van der Waals surface area (Å²) in [6.07, 6.45) is 43.8. The molecule has 0 radical (unpaired) electrons. The summed E-state index contributed by atoms with van der Waals surface area (Å²) in [5.74, 6) is -0.0557. The lowest BCUT2D eigenvalue weighted by atomic mass is 10.0. The number of hydrogen-bond donors (Lipinski definition) is 0. The smallest absolute Gasteiger partial charge is 0.306 e. The number of ether oxygens (including phenoxy) is 3. The minimum atomic E-state index is -0.759. The van der Waals surface area contributed by atoms with Gasteiger partial charge >= 0.3 is 17.9 Å². The van der Waals surface area contributed by atoms with Gasteiger partial charge in [0.15, 0.2) is 6.10 Å². The molecule has 1 atom stereocenters. The second kappa shape index (κ2) is 43.5. The number of carbonyl (C=O) groups excluding carboxylic acids is 3. The van der Waals surface area contributed by atoms with Crippen LogP contribution in [0.3, 0.4) is 0 Å². The predicted molar refractivity (Wildman–Crippen MR) is 233 cm³/mol. The summed E-state index contributed by atoms with van der Waals surface area (Å²) in [5, 5.41) is 0. The van der Waals surface area contributed by atoms with Gasteiger partial charge in [0.1, 0.15) is 13.2 Å². The molecule has 0 aliphatic carbocycles. The summed E-state index contributed by atoms with van der Waals surface area (Å²) in [7, 11) is 0. The quantitative estimate of drug-likeness (QED) is 0.0348. The topological polar surface area (TPSA) is 78.9 Å². The van der Waals surface area contributed by atoms with Crippen LogP contribution in [0.25, 0.3) is 0 Å². The van der Waals surface area contributed by atoms with Crippen molar-refractivity contribution in [3.05, 3.63) is 0 Å². The van der Waals surface area contributed by atoms with Gasteiger partial charge in [-0.15, -0.1) is 0 Å². The number of unbranched alkanes of at least 4 members (excludes halogenated alkanes) is 31. The zero-order chi connectivity index (χ0) is 40.3. The Morgan fingerprint density at radius 2 is 0.600 bits per heavy atom. The summed E-state index contributed by atoms with van der Waals surface area (Å²) in [6, 6.07) is 0. The van der Waals surface area contributed by atoms with E-state index in [4.69, 9.17) is 14.2 Å². The average Bonchev–Trinajstić information content (AvgIpc) is 3.17. The molecule has 0 unspecified atom stereocenters. The van der Waals surface area contributed by atoms with E-state index in [1.807, 2.05) is 0 Å². The zero-order valence-corrected chi connectivity index (χ0v) is 37.4. The SMILES string of the molecule is CCCCCCCCCCCCCCCCCCC(=O)OC[C@H](COC(=O)CCCCCCCCCCC(C)C)OC(=O)CCCCCCCCCCCC. The summed E-state index contributed by atoms with van der Waals surface area (Å²) < 4.78 is 16.7. The van der Waals surface area contributed by atoms with Crippen molar-refractivity contribution in [2.75, 3.05) is 13.2 Å². The van der Waals surface area contributed by atoms with Crippen molar-refractivity contribution in [3.63, 3.8) is 0 Å². The standard InChI is InChI=1S/C49H94O6/c1-5-7-9-11-13-15-17-18-19-20-21-22-24-28-32-36-40-47(50)53-43-46(55-49(52)42-38-34-30-23-16-14-12-10-8-6-2)44-54-48(51)41-37-33-29-26-25-27-31-35-39-45(3)4/h45-46H,5-44H2,1-4H3/t46-/m1/s1. The van der Waals surface area contributed by atoms with E-state index in [0.29, 0.717) is 19.3 Å². The van der Waals surface area contributed by atoms with Gasteiger partial charge in [0, 0.05) is 19.3 Å². The molecule has 0 aromatic carbocycles. The van der Waals surface area contributed by atoms with Crippen molar-refractivity contribution >= 4 is 17.9 Å². The number of esters is 3. The third kappa shape index (κ3) is 43.4. The minimum absolute atomic E-state index is 0.0636. The Labute approximate surface area is 342 Å². The molecular formula is C49H94O6. The molecule has 0 N–H and O–H groups in total. The lowest BCUT2D eigenvalue weighted by molar-refractivity contribution is -0.167. The van der Waals surface area contributed by atoms with Crippen LogP contribution in [0.2, 0.25) is 0 Å². The first-order valence-electron chi connectivity index (χ1n) is 24.4. The van der Waals surface area contributed by atoms with Crippen LogP contribution in [0.1, 0.15) is 272 Å². The van der Waals surface area contributed by atoms with Gasteiger partial charge in [-0.2, -0.15) is 0 Å². The first kappa shape index (κ1) is 53.4. The molecule has 55 heavy (non-hydrogen) atoms. The van der Waals surface area contributed by atoms with Crippen molar-refractivity contribution in [3.8, 4) is 0 Å². The summed E-state index contributed by atoms with van der Waals surface area (Å²) in [6.45, 7) is 8.97.